The summed E-state index contributed by atoms with van der Waals surface area (Å²) in [5, 5.41) is 16.2. The van der Waals surface area contributed by atoms with Gasteiger partial charge in [-0.2, -0.15) is 9.61 Å². The van der Waals surface area contributed by atoms with Crippen LogP contribution in [-0.4, -0.2) is 24.8 Å². The molecule has 6 rings (SSSR count). The molecule has 0 bridgehead atoms. The number of nitrogens with zero attached hydrogens (tertiary/aromatic N) is 5. The van der Waals surface area contributed by atoms with Crippen LogP contribution in [0.4, 0.5) is 0 Å². The quantitative estimate of drug-likeness (QED) is 0.320. The van der Waals surface area contributed by atoms with E-state index in [2.05, 4.69) is 34.5 Å². The van der Waals surface area contributed by atoms with Crippen molar-refractivity contribution in [1.82, 2.24) is 24.8 Å². The Kier molecular flexibility index (Phi) is 4.26. The van der Waals surface area contributed by atoms with Gasteiger partial charge < -0.3 is 0 Å². The van der Waals surface area contributed by atoms with Crippen LogP contribution >= 0.6 is 22.9 Å². The zero-order valence-electron chi connectivity index (χ0n) is 16.1. The van der Waals surface area contributed by atoms with Gasteiger partial charge in [-0.05, 0) is 24.3 Å². The molecule has 0 N–H and O–H groups in total. The highest BCUT2D eigenvalue weighted by Crippen LogP contribution is 2.33. The molecular weight excluding hydrogens is 426 g/mol. The Morgan fingerprint density at radius 3 is 2.39 bits per heavy atom. The van der Waals surface area contributed by atoms with Crippen LogP contribution in [0.15, 0.2) is 84.9 Å². The van der Waals surface area contributed by atoms with Crippen molar-refractivity contribution in [3.8, 4) is 33.2 Å². The van der Waals surface area contributed by atoms with Gasteiger partial charge in [0.2, 0.25) is 4.96 Å². The van der Waals surface area contributed by atoms with E-state index >= 15 is 0 Å². The van der Waals surface area contributed by atoms with Gasteiger partial charge in [-0.3, -0.25) is 0 Å². The first kappa shape index (κ1) is 18.2. The molecule has 31 heavy (non-hydrogen) atoms. The van der Waals surface area contributed by atoms with Crippen molar-refractivity contribution in [2.45, 2.75) is 0 Å². The molecule has 0 unspecified atom stereocenters. The Labute approximate surface area is 186 Å². The monoisotopic (exact) mass is 439 g/mol. The highest BCUT2D eigenvalue weighted by atomic mass is 35.5. The summed E-state index contributed by atoms with van der Waals surface area (Å²) in [4.78, 5) is 5.61. The summed E-state index contributed by atoms with van der Waals surface area (Å²) >= 11 is 7.53. The Bertz CT molecular complexity index is 1540. The molecule has 0 aliphatic carbocycles. The minimum Gasteiger partial charge on any atom is -0.248 e. The molecule has 0 saturated heterocycles. The predicted octanol–water partition coefficient (Wildman–Crippen LogP) is 6.39. The minimum atomic E-state index is 0.697. The van der Waals surface area contributed by atoms with E-state index in [0.717, 1.165) is 43.3 Å². The van der Waals surface area contributed by atoms with Crippen molar-refractivity contribution >= 4 is 38.8 Å². The van der Waals surface area contributed by atoms with Crippen molar-refractivity contribution in [3.63, 3.8) is 0 Å². The largest absolute Gasteiger partial charge is 0.248 e. The molecule has 0 amide bonds. The molecule has 7 heteroatoms. The number of rotatable bonds is 3. The molecule has 0 radical (unpaired) electrons. The van der Waals surface area contributed by atoms with Gasteiger partial charge in [0.05, 0.1) is 11.2 Å². The number of aromatic nitrogens is 5. The van der Waals surface area contributed by atoms with E-state index in [0.29, 0.717) is 10.8 Å². The molecule has 3 heterocycles. The van der Waals surface area contributed by atoms with Crippen LogP contribution in [0.2, 0.25) is 5.02 Å². The molecular formula is C24H14ClN5S. The van der Waals surface area contributed by atoms with Gasteiger partial charge in [-0.25, -0.2) is 4.98 Å². The van der Waals surface area contributed by atoms with Gasteiger partial charge >= 0.3 is 0 Å². The van der Waals surface area contributed by atoms with E-state index in [4.69, 9.17) is 21.7 Å². The lowest BCUT2D eigenvalue weighted by atomic mass is 10.0. The molecule has 0 fully saturated rings. The third-order valence-corrected chi connectivity index (χ3v) is 6.31. The lowest BCUT2D eigenvalue weighted by Crippen LogP contribution is -1.95. The first-order valence-electron chi connectivity index (χ1n) is 9.70. The molecule has 0 saturated carbocycles. The minimum absolute atomic E-state index is 0.697. The van der Waals surface area contributed by atoms with Crippen LogP contribution in [0.5, 0.6) is 0 Å². The molecule has 0 aliphatic heterocycles. The first-order chi connectivity index (χ1) is 15.3. The van der Waals surface area contributed by atoms with Crippen LogP contribution in [0, 0.1) is 0 Å². The van der Waals surface area contributed by atoms with E-state index in [9.17, 15) is 0 Å². The Hall–Kier alpha value is -3.61. The third kappa shape index (κ3) is 3.17. The maximum Gasteiger partial charge on any atom is 0.235 e. The molecule has 148 valence electrons. The van der Waals surface area contributed by atoms with Crippen molar-refractivity contribution < 1.29 is 0 Å². The Balaban J connectivity index is 1.57. The van der Waals surface area contributed by atoms with Crippen molar-refractivity contribution in [1.29, 1.82) is 0 Å². The zero-order valence-corrected chi connectivity index (χ0v) is 17.7. The van der Waals surface area contributed by atoms with E-state index in [1.807, 2.05) is 65.2 Å². The summed E-state index contributed by atoms with van der Waals surface area (Å²) in [6, 6.07) is 27.9. The number of para-hydroxylation sites is 1. The summed E-state index contributed by atoms with van der Waals surface area (Å²) in [6.45, 7) is 0. The molecule has 0 spiro atoms. The van der Waals surface area contributed by atoms with Crippen molar-refractivity contribution in [2.75, 3.05) is 0 Å². The number of halogens is 1. The van der Waals surface area contributed by atoms with Crippen LogP contribution in [0.3, 0.4) is 0 Å². The summed E-state index contributed by atoms with van der Waals surface area (Å²) in [7, 11) is 0. The fraction of sp³-hybridized carbons (Fsp3) is 0. The second-order valence-corrected chi connectivity index (χ2v) is 8.46. The maximum atomic E-state index is 6.03. The molecule has 0 atom stereocenters. The average Bonchev–Trinajstić information content (AvgIpc) is 3.41. The summed E-state index contributed by atoms with van der Waals surface area (Å²) in [5.74, 6) is 0.697. The number of benzene rings is 3. The number of hydrogen-bond acceptors (Lipinski definition) is 5. The molecule has 3 aromatic carbocycles. The van der Waals surface area contributed by atoms with Gasteiger partial charge in [0.15, 0.2) is 5.82 Å². The highest BCUT2D eigenvalue weighted by molar-refractivity contribution is 7.19. The van der Waals surface area contributed by atoms with Crippen LogP contribution in [0.25, 0.3) is 49.1 Å². The molecule has 5 nitrogen and oxygen atoms in total. The smallest absolute Gasteiger partial charge is 0.235 e. The standard InChI is InChI=1S/C24H14ClN5S/c25-17-12-10-16(11-13-17)23-29-30-22(27-28-24(30)31-23)19-14-21(15-6-2-1-3-7-15)26-20-9-5-4-8-18(19)20/h1-14H. The fourth-order valence-corrected chi connectivity index (χ4v) is 4.58. The summed E-state index contributed by atoms with van der Waals surface area (Å²) in [6.07, 6.45) is 0. The number of hydrogen-bond donors (Lipinski definition) is 0. The second-order valence-electron chi connectivity index (χ2n) is 7.07. The summed E-state index contributed by atoms with van der Waals surface area (Å²) < 4.78 is 1.81. The van der Waals surface area contributed by atoms with Crippen molar-refractivity contribution in [3.05, 3.63) is 90.0 Å². The Morgan fingerprint density at radius 2 is 1.55 bits per heavy atom. The van der Waals surface area contributed by atoms with E-state index < -0.39 is 0 Å². The van der Waals surface area contributed by atoms with Gasteiger partial charge in [0.25, 0.3) is 0 Å². The topological polar surface area (TPSA) is 56.0 Å². The van der Waals surface area contributed by atoms with E-state index in [1.54, 1.807) is 0 Å². The third-order valence-electron chi connectivity index (χ3n) is 5.11. The molecule has 3 aromatic heterocycles. The zero-order chi connectivity index (χ0) is 20.8. The average molecular weight is 440 g/mol. The van der Waals surface area contributed by atoms with E-state index in [-0.39, 0.29) is 0 Å². The van der Waals surface area contributed by atoms with Gasteiger partial charge in [0, 0.05) is 27.1 Å². The Morgan fingerprint density at radius 1 is 0.774 bits per heavy atom. The van der Waals surface area contributed by atoms with Crippen molar-refractivity contribution in [2.24, 2.45) is 0 Å². The lowest BCUT2D eigenvalue weighted by Gasteiger charge is -2.08. The van der Waals surface area contributed by atoms with Crippen LogP contribution < -0.4 is 0 Å². The maximum absolute atomic E-state index is 6.03. The highest BCUT2D eigenvalue weighted by Gasteiger charge is 2.18. The summed E-state index contributed by atoms with van der Waals surface area (Å²) in [5.41, 5.74) is 4.79. The van der Waals surface area contributed by atoms with Gasteiger partial charge in [0.1, 0.15) is 5.01 Å². The van der Waals surface area contributed by atoms with Crippen LogP contribution in [0.1, 0.15) is 0 Å². The van der Waals surface area contributed by atoms with E-state index in [1.165, 1.54) is 11.3 Å². The predicted molar refractivity (Wildman–Crippen MR) is 125 cm³/mol. The second kappa shape index (κ2) is 7.27. The molecule has 6 aromatic rings. The number of fused-ring (bicyclic) bond motifs is 2. The van der Waals surface area contributed by atoms with Crippen LogP contribution in [-0.2, 0) is 0 Å². The number of pyridine rings is 1. The SMILES string of the molecule is Clc1ccc(-c2nn3c(-c4cc(-c5ccccc5)nc5ccccc45)nnc3s2)cc1. The normalized spacial score (nSPS) is 11.4. The lowest BCUT2D eigenvalue weighted by molar-refractivity contribution is 0.972. The van der Waals surface area contributed by atoms with Gasteiger partial charge in [-0.15, -0.1) is 10.2 Å². The fourth-order valence-electron chi connectivity index (χ4n) is 3.61. The first-order valence-corrected chi connectivity index (χ1v) is 10.9. The van der Waals surface area contributed by atoms with Gasteiger partial charge in [-0.1, -0.05) is 83.6 Å². The molecule has 0 aliphatic rings.